The van der Waals surface area contributed by atoms with Crippen LogP contribution < -0.4 is 10.1 Å². The average molecular weight is 349 g/mol. The van der Waals surface area contributed by atoms with Crippen molar-refractivity contribution in [3.63, 3.8) is 0 Å². The smallest absolute Gasteiger partial charge is 0.279 e. The number of ether oxygens (including phenoxy) is 1. The molecule has 1 heterocycles. The van der Waals surface area contributed by atoms with Gasteiger partial charge in [0.25, 0.3) is 5.91 Å². The Morgan fingerprint density at radius 1 is 0.962 bits per heavy atom. The van der Waals surface area contributed by atoms with Gasteiger partial charge in [0, 0.05) is 5.69 Å². The molecule has 1 N–H and O–H groups in total. The summed E-state index contributed by atoms with van der Waals surface area (Å²) in [6.07, 6.45) is 0. The predicted molar refractivity (Wildman–Crippen MR) is 104 cm³/mol. The summed E-state index contributed by atoms with van der Waals surface area (Å²) >= 11 is 0. The van der Waals surface area contributed by atoms with Gasteiger partial charge in [0.05, 0.1) is 17.6 Å². The Kier molecular flexibility index (Phi) is 4.89. The Morgan fingerprint density at radius 2 is 1.62 bits per heavy atom. The van der Waals surface area contributed by atoms with E-state index in [2.05, 4.69) is 15.3 Å². The lowest BCUT2D eigenvalue weighted by Gasteiger charge is -2.13. The Morgan fingerprint density at radius 3 is 2.27 bits per heavy atom. The molecular weight excluding hydrogens is 326 g/mol. The third kappa shape index (κ3) is 3.52. The first-order valence-corrected chi connectivity index (χ1v) is 8.69. The molecule has 5 nitrogen and oxygen atoms in total. The maximum atomic E-state index is 12.9. The molecule has 134 valence electrons. The van der Waals surface area contributed by atoms with Crippen LogP contribution in [0.3, 0.4) is 0 Å². The summed E-state index contributed by atoms with van der Waals surface area (Å²) in [5.74, 6) is -0.0687. The van der Waals surface area contributed by atoms with Crippen LogP contribution >= 0.6 is 0 Å². The number of carbonyl (C=O) groups excluding carboxylic acids is 1. The van der Waals surface area contributed by atoms with Crippen LogP contribution in [0, 0.1) is 27.7 Å². The van der Waals surface area contributed by atoms with E-state index in [-0.39, 0.29) is 17.5 Å². The average Bonchev–Trinajstić information content (AvgIpc) is 2.59. The van der Waals surface area contributed by atoms with Crippen molar-refractivity contribution in [1.29, 1.82) is 0 Å². The zero-order valence-electron chi connectivity index (χ0n) is 15.8. The minimum atomic E-state index is -0.324. The molecule has 0 fully saturated rings. The van der Waals surface area contributed by atoms with Crippen LogP contribution in [-0.4, -0.2) is 22.5 Å². The predicted octanol–water partition coefficient (Wildman–Crippen LogP) is 4.51. The molecule has 0 saturated carbocycles. The molecule has 0 aliphatic carbocycles. The number of carbonyl (C=O) groups is 1. The molecule has 0 radical (unpaired) electrons. The molecular formula is C21H23N3O2. The van der Waals surface area contributed by atoms with Crippen LogP contribution in [0.5, 0.6) is 5.88 Å². The van der Waals surface area contributed by atoms with Crippen molar-refractivity contribution in [1.82, 2.24) is 9.97 Å². The molecule has 26 heavy (non-hydrogen) atoms. The number of fused-ring (bicyclic) bond motifs is 1. The highest BCUT2D eigenvalue weighted by Gasteiger charge is 2.19. The molecule has 3 aromatic rings. The molecule has 0 atom stereocenters. The van der Waals surface area contributed by atoms with Gasteiger partial charge in [-0.2, -0.15) is 0 Å². The molecule has 1 amide bonds. The summed E-state index contributed by atoms with van der Waals surface area (Å²) in [5.41, 5.74) is 6.66. The van der Waals surface area contributed by atoms with Gasteiger partial charge in [-0.15, -0.1) is 0 Å². The molecule has 3 rings (SSSR count). The van der Waals surface area contributed by atoms with E-state index in [0.717, 1.165) is 33.5 Å². The minimum absolute atomic E-state index is 0.198. The van der Waals surface area contributed by atoms with E-state index >= 15 is 0 Å². The number of nitrogens with zero attached hydrogens (tertiary/aromatic N) is 2. The van der Waals surface area contributed by atoms with Crippen molar-refractivity contribution in [2.45, 2.75) is 34.6 Å². The van der Waals surface area contributed by atoms with E-state index in [1.165, 1.54) is 0 Å². The van der Waals surface area contributed by atoms with Crippen molar-refractivity contribution < 1.29 is 9.53 Å². The molecule has 0 unspecified atom stereocenters. The van der Waals surface area contributed by atoms with Crippen LogP contribution in [0.4, 0.5) is 5.69 Å². The van der Waals surface area contributed by atoms with Gasteiger partial charge >= 0.3 is 0 Å². The third-order valence-electron chi connectivity index (χ3n) is 4.39. The normalized spacial score (nSPS) is 10.8. The van der Waals surface area contributed by atoms with Crippen LogP contribution in [0.2, 0.25) is 0 Å². The van der Waals surface area contributed by atoms with Crippen molar-refractivity contribution in [3.05, 3.63) is 58.3 Å². The van der Waals surface area contributed by atoms with E-state index in [0.29, 0.717) is 12.1 Å². The first-order chi connectivity index (χ1) is 12.4. The number of benzene rings is 2. The first kappa shape index (κ1) is 17.9. The Labute approximate surface area is 153 Å². The number of aromatic nitrogens is 2. The summed E-state index contributed by atoms with van der Waals surface area (Å²) in [6, 6.07) is 9.84. The van der Waals surface area contributed by atoms with Gasteiger partial charge in [0.15, 0.2) is 5.69 Å². The van der Waals surface area contributed by atoms with Gasteiger partial charge < -0.3 is 10.1 Å². The van der Waals surface area contributed by atoms with Crippen molar-refractivity contribution in [3.8, 4) is 5.88 Å². The molecule has 1 aromatic heterocycles. The van der Waals surface area contributed by atoms with Gasteiger partial charge in [-0.25, -0.2) is 9.97 Å². The van der Waals surface area contributed by atoms with Crippen LogP contribution in [0.15, 0.2) is 30.3 Å². The van der Waals surface area contributed by atoms with Gasteiger partial charge in [-0.05, 0) is 75.1 Å². The SMILES string of the molecule is CCOc1nc2cc(C)c(C)cc2nc1C(=O)Nc1cc(C)ccc1C. The minimum Gasteiger partial charge on any atom is -0.476 e. The topological polar surface area (TPSA) is 64.1 Å². The fourth-order valence-electron chi connectivity index (χ4n) is 2.73. The summed E-state index contributed by atoms with van der Waals surface area (Å²) in [6.45, 7) is 10.3. The van der Waals surface area contributed by atoms with Crippen molar-refractivity contribution in [2.24, 2.45) is 0 Å². The molecule has 2 aromatic carbocycles. The zero-order valence-corrected chi connectivity index (χ0v) is 15.8. The Hall–Kier alpha value is -2.95. The standard InChI is InChI=1S/C21H23N3O2/c1-6-26-21-19(20(25)23-16-9-12(2)7-8-13(16)3)22-17-10-14(4)15(5)11-18(17)24-21/h7-11H,6H2,1-5H3,(H,23,25). The lowest BCUT2D eigenvalue weighted by atomic mass is 10.1. The number of amides is 1. The Bertz CT molecular complexity index is 996. The highest BCUT2D eigenvalue weighted by Crippen LogP contribution is 2.24. The summed E-state index contributed by atoms with van der Waals surface area (Å²) in [4.78, 5) is 21.9. The molecule has 0 saturated heterocycles. The third-order valence-corrected chi connectivity index (χ3v) is 4.39. The van der Waals surface area contributed by atoms with Gasteiger partial charge in [-0.1, -0.05) is 12.1 Å². The van der Waals surface area contributed by atoms with Crippen LogP contribution in [0.25, 0.3) is 11.0 Å². The zero-order chi connectivity index (χ0) is 18.8. The second kappa shape index (κ2) is 7.12. The molecule has 0 aliphatic heterocycles. The molecule has 5 heteroatoms. The van der Waals surface area contributed by atoms with Crippen LogP contribution in [0.1, 0.15) is 39.7 Å². The number of nitrogens with one attached hydrogen (secondary N) is 1. The molecule has 0 bridgehead atoms. The van der Waals surface area contributed by atoms with Crippen molar-refractivity contribution in [2.75, 3.05) is 11.9 Å². The van der Waals surface area contributed by atoms with E-state index in [1.54, 1.807) is 0 Å². The Balaban J connectivity index is 2.06. The van der Waals surface area contributed by atoms with E-state index in [1.807, 2.05) is 65.0 Å². The van der Waals surface area contributed by atoms with Crippen LogP contribution in [-0.2, 0) is 0 Å². The second-order valence-electron chi connectivity index (χ2n) is 6.51. The van der Waals surface area contributed by atoms with Crippen molar-refractivity contribution >= 4 is 22.6 Å². The van der Waals surface area contributed by atoms with Gasteiger partial charge in [0.2, 0.25) is 5.88 Å². The number of hydrogen-bond acceptors (Lipinski definition) is 4. The highest BCUT2D eigenvalue weighted by atomic mass is 16.5. The maximum absolute atomic E-state index is 12.9. The largest absolute Gasteiger partial charge is 0.476 e. The van der Waals surface area contributed by atoms with E-state index in [4.69, 9.17) is 4.74 Å². The lowest BCUT2D eigenvalue weighted by molar-refractivity contribution is 0.101. The molecule has 0 aliphatic rings. The summed E-state index contributed by atoms with van der Waals surface area (Å²) in [7, 11) is 0. The summed E-state index contributed by atoms with van der Waals surface area (Å²) < 4.78 is 5.59. The fourth-order valence-corrected chi connectivity index (χ4v) is 2.73. The number of anilines is 1. The quantitative estimate of drug-likeness (QED) is 0.752. The monoisotopic (exact) mass is 349 g/mol. The number of hydrogen-bond donors (Lipinski definition) is 1. The second-order valence-corrected chi connectivity index (χ2v) is 6.51. The van der Waals surface area contributed by atoms with E-state index < -0.39 is 0 Å². The number of aryl methyl sites for hydroxylation is 4. The van der Waals surface area contributed by atoms with E-state index in [9.17, 15) is 4.79 Å². The molecule has 0 spiro atoms. The first-order valence-electron chi connectivity index (χ1n) is 8.69. The fraction of sp³-hybridized carbons (Fsp3) is 0.286. The highest BCUT2D eigenvalue weighted by molar-refractivity contribution is 6.05. The lowest BCUT2D eigenvalue weighted by Crippen LogP contribution is -2.17. The summed E-state index contributed by atoms with van der Waals surface area (Å²) in [5, 5.41) is 2.94. The van der Waals surface area contributed by atoms with Gasteiger partial charge in [0.1, 0.15) is 0 Å². The maximum Gasteiger partial charge on any atom is 0.279 e. The van der Waals surface area contributed by atoms with Gasteiger partial charge in [-0.3, -0.25) is 4.79 Å². The number of rotatable bonds is 4.